The lowest BCUT2D eigenvalue weighted by Gasteiger charge is -2.36. The van der Waals surface area contributed by atoms with Crippen LogP contribution >= 0.6 is 27.5 Å². The van der Waals surface area contributed by atoms with Crippen LogP contribution in [0.2, 0.25) is 0 Å². The van der Waals surface area contributed by atoms with Crippen molar-refractivity contribution in [1.82, 2.24) is 4.31 Å². The molecule has 0 aromatic heterocycles. The van der Waals surface area contributed by atoms with Crippen LogP contribution in [0, 0.1) is 12.3 Å². The van der Waals surface area contributed by atoms with Gasteiger partial charge < -0.3 is 0 Å². The van der Waals surface area contributed by atoms with Gasteiger partial charge >= 0.3 is 0 Å². The van der Waals surface area contributed by atoms with Gasteiger partial charge in [0.1, 0.15) is 0 Å². The van der Waals surface area contributed by atoms with Crippen molar-refractivity contribution in [2.24, 2.45) is 5.41 Å². The average molecular weight is 395 g/mol. The number of nitrogens with zero attached hydrogens (tertiary/aromatic N) is 1. The summed E-state index contributed by atoms with van der Waals surface area (Å²) in [5.74, 6) is 0.300. The maximum atomic E-state index is 12.9. The molecule has 1 aliphatic rings. The summed E-state index contributed by atoms with van der Waals surface area (Å²) in [7, 11) is -3.45. The zero-order valence-electron chi connectivity index (χ0n) is 12.6. The Morgan fingerprint density at radius 3 is 2.38 bits per heavy atom. The van der Waals surface area contributed by atoms with Crippen molar-refractivity contribution in [2.45, 2.75) is 44.4 Å². The maximum absolute atomic E-state index is 12.9. The highest BCUT2D eigenvalue weighted by molar-refractivity contribution is 9.10. The minimum Gasteiger partial charge on any atom is -0.207 e. The fraction of sp³-hybridized carbons (Fsp3) is 0.600. The third-order valence-electron chi connectivity index (χ3n) is 4.20. The van der Waals surface area contributed by atoms with Gasteiger partial charge in [-0.1, -0.05) is 29.8 Å². The Morgan fingerprint density at radius 1 is 1.29 bits per heavy atom. The number of rotatable bonds is 3. The fourth-order valence-electron chi connectivity index (χ4n) is 2.52. The molecule has 0 saturated carbocycles. The molecule has 3 nitrogen and oxygen atoms in total. The second-order valence-corrected chi connectivity index (χ2v) is 9.43. The Kier molecular flexibility index (Phi) is 5.08. The van der Waals surface area contributed by atoms with Gasteiger partial charge in [0.25, 0.3) is 0 Å². The van der Waals surface area contributed by atoms with E-state index < -0.39 is 10.0 Å². The maximum Gasteiger partial charge on any atom is 0.243 e. The number of alkyl halides is 1. The number of sulfonamides is 1. The molecule has 1 aromatic carbocycles. The van der Waals surface area contributed by atoms with Crippen molar-refractivity contribution < 1.29 is 8.42 Å². The van der Waals surface area contributed by atoms with E-state index in [9.17, 15) is 8.42 Å². The zero-order chi connectivity index (χ0) is 15.8. The van der Waals surface area contributed by atoms with Crippen LogP contribution in [-0.2, 0) is 15.9 Å². The largest absolute Gasteiger partial charge is 0.243 e. The van der Waals surface area contributed by atoms with E-state index in [4.69, 9.17) is 11.6 Å². The van der Waals surface area contributed by atoms with Gasteiger partial charge in [0.2, 0.25) is 10.0 Å². The molecule has 0 spiro atoms. The minimum atomic E-state index is -3.45. The lowest BCUT2D eigenvalue weighted by atomic mass is 9.83. The number of benzene rings is 1. The molecule has 21 heavy (non-hydrogen) atoms. The van der Waals surface area contributed by atoms with Crippen LogP contribution in [0.5, 0.6) is 0 Å². The minimum absolute atomic E-state index is 0.222. The molecule has 0 radical (unpaired) electrons. The second-order valence-electron chi connectivity index (χ2n) is 6.40. The first kappa shape index (κ1) is 17.3. The van der Waals surface area contributed by atoms with Gasteiger partial charge in [-0.2, -0.15) is 4.31 Å². The topological polar surface area (TPSA) is 37.4 Å². The highest BCUT2D eigenvalue weighted by atomic mass is 79.9. The molecule has 1 fully saturated rings. The molecular weight excluding hydrogens is 374 g/mol. The van der Waals surface area contributed by atoms with E-state index >= 15 is 0 Å². The first-order valence-corrected chi connectivity index (χ1v) is 9.79. The van der Waals surface area contributed by atoms with Crippen LogP contribution in [0.4, 0.5) is 0 Å². The number of piperidine rings is 1. The van der Waals surface area contributed by atoms with E-state index in [2.05, 4.69) is 29.8 Å². The SMILES string of the molecule is Cc1c(Br)cc(CCl)cc1S(=O)(=O)N1CCC(C)(C)CC1. The summed E-state index contributed by atoms with van der Waals surface area (Å²) < 4.78 is 28.2. The zero-order valence-corrected chi connectivity index (χ0v) is 15.8. The summed E-state index contributed by atoms with van der Waals surface area (Å²) in [5, 5.41) is 0. The van der Waals surface area contributed by atoms with E-state index in [0.29, 0.717) is 23.9 Å². The van der Waals surface area contributed by atoms with Crippen LogP contribution in [-0.4, -0.2) is 25.8 Å². The molecule has 0 N–H and O–H groups in total. The smallest absolute Gasteiger partial charge is 0.207 e. The molecule has 1 aromatic rings. The Balaban J connectivity index is 2.39. The van der Waals surface area contributed by atoms with E-state index in [0.717, 1.165) is 28.4 Å². The van der Waals surface area contributed by atoms with Crippen molar-refractivity contribution in [3.05, 3.63) is 27.7 Å². The summed E-state index contributed by atoms with van der Waals surface area (Å²) in [6, 6.07) is 3.57. The van der Waals surface area contributed by atoms with Gasteiger partial charge in [0, 0.05) is 23.4 Å². The number of hydrogen-bond donors (Lipinski definition) is 0. The summed E-state index contributed by atoms with van der Waals surface area (Å²) in [6.45, 7) is 7.36. The molecule has 118 valence electrons. The quantitative estimate of drug-likeness (QED) is 0.716. The average Bonchev–Trinajstić information content (AvgIpc) is 2.41. The molecule has 1 heterocycles. The van der Waals surface area contributed by atoms with Gasteiger partial charge in [-0.05, 0) is 48.4 Å². The molecule has 1 aliphatic heterocycles. The van der Waals surface area contributed by atoms with Crippen molar-refractivity contribution in [1.29, 1.82) is 0 Å². The summed E-state index contributed by atoms with van der Waals surface area (Å²) >= 11 is 9.30. The van der Waals surface area contributed by atoms with Crippen LogP contribution in [0.1, 0.15) is 37.8 Å². The van der Waals surface area contributed by atoms with E-state index in [1.165, 1.54) is 0 Å². The van der Waals surface area contributed by atoms with Gasteiger partial charge in [-0.25, -0.2) is 8.42 Å². The Morgan fingerprint density at radius 2 is 1.86 bits per heavy atom. The second kappa shape index (κ2) is 6.19. The first-order valence-electron chi connectivity index (χ1n) is 7.02. The number of hydrogen-bond acceptors (Lipinski definition) is 2. The molecule has 0 aliphatic carbocycles. The van der Waals surface area contributed by atoms with Gasteiger partial charge in [0.15, 0.2) is 0 Å². The van der Waals surface area contributed by atoms with E-state index in [1.54, 1.807) is 10.4 Å². The lowest BCUT2D eigenvalue weighted by Crippen LogP contribution is -2.41. The standard InChI is InChI=1S/C15H21BrClNO2S/c1-11-13(16)8-12(10-17)9-14(11)21(19,20)18-6-4-15(2,3)5-7-18/h8-9H,4-7,10H2,1-3H3. The van der Waals surface area contributed by atoms with Crippen molar-refractivity contribution in [3.8, 4) is 0 Å². The van der Waals surface area contributed by atoms with Crippen LogP contribution in [0.15, 0.2) is 21.5 Å². The van der Waals surface area contributed by atoms with E-state index in [-0.39, 0.29) is 5.41 Å². The van der Waals surface area contributed by atoms with Crippen molar-refractivity contribution in [3.63, 3.8) is 0 Å². The fourth-order valence-corrected chi connectivity index (χ4v) is 5.05. The molecule has 0 unspecified atom stereocenters. The Labute approximate surface area is 140 Å². The highest BCUT2D eigenvalue weighted by Gasteiger charge is 2.33. The highest BCUT2D eigenvalue weighted by Crippen LogP contribution is 2.34. The Hall–Kier alpha value is -0.100. The van der Waals surface area contributed by atoms with Gasteiger partial charge in [-0.3, -0.25) is 0 Å². The first-order chi connectivity index (χ1) is 9.67. The molecule has 2 rings (SSSR count). The lowest BCUT2D eigenvalue weighted by molar-refractivity contribution is 0.196. The molecule has 0 amide bonds. The molecule has 6 heteroatoms. The van der Waals surface area contributed by atoms with Crippen molar-refractivity contribution >= 4 is 37.6 Å². The summed E-state index contributed by atoms with van der Waals surface area (Å²) in [6.07, 6.45) is 1.78. The summed E-state index contributed by atoms with van der Waals surface area (Å²) in [5.41, 5.74) is 1.78. The van der Waals surface area contributed by atoms with Crippen molar-refractivity contribution in [2.75, 3.05) is 13.1 Å². The van der Waals surface area contributed by atoms with Gasteiger partial charge in [0.05, 0.1) is 4.90 Å². The number of halogens is 2. The van der Waals surface area contributed by atoms with Crippen LogP contribution in [0.25, 0.3) is 0 Å². The molecule has 0 atom stereocenters. The third-order valence-corrected chi connectivity index (χ3v) is 7.36. The predicted molar refractivity (Wildman–Crippen MR) is 90.2 cm³/mol. The van der Waals surface area contributed by atoms with Crippen LogP contribution in [0.3, 0.4) is 0 Å². The monoisotopic (exact) mass is 393 g/mol. The van der Waals surface area contributed by atoms with E-state index in [1.807, 2.05) is 13.0 Å². The third kappa shape index (κ3) is 3.63. The normalized spacial score (nSPS) is 19.7. The molecule has 1 saturated heterocycles. The molecule has 0 bridgehead atoms. The van der Waals surface area contributed by atoms with Gasteiger partial charge in [-0.15, -0.1) is 11.6 Å². The summed E-state index contributed by atoms with van der Waals surface area (Å²) in [4.78, 5) is 0.368. The van der Waals surface area contributed by atoms with Crippen LogP contribution < -0.4 is 0 Å². The predicted octanol–water partition coefficient (Wildman–Crippen LogP) is 4.31. The molecular formula is C15H21BrClNO2S. The Bertz CT molecular complexity index is 633.